The number of pyridine rings is 1. The molecule has 7 nitrogen and oxygen atoms in total. The summed E-state index contributed by atoms with van der Waals surface area (Å²) < 4.78 is 7.06. The van der Waals surface area contributed by atoms with Crippen molar-refractivity contribution in [3.8, 4) is 5.75 Å². The summed E-state index contributed by atoms with van der Waals surface area (Å²) in [7, 11) is 1.60. The third-order valence-electron chi connectivity index (χ3n) is 5.36. The third-order valence-corrected chi connectivity index (χ3v) is 5.36. The zero-order chi connectivity index (χ0) is 21.4. The quantitative estimate of drug-likeness (QED) is 0.543. The number of carbonyl (C=O) groups excluding carboxylic acids is 1. The largest absolute Gasteiger partial charge is 0.497 e. The maximum absolute atomic E-state index is 12.5. The molecule has 0 spiro atoms. The van der Waals surface area contributed by atoms with Gasteiger partial charge < -0.3 is 10.1 Å². The highest BCUT2D eigenvalue weighted by Gasteiger charge is 2.17. The summed E-state index contributed by atoms with van der Waals surface area (Å²) in [6.07, 6.45) is 0.932. The van der Waals surface area contributed by atoms with Gasteiger partial charge in [-0.2, -0.15) is 0 Å². The second-order valence-corrected chi connectivity index (χ2v) is 7.56. The average molecular weight is 403 g/mol. The van der Waals surface area contributed by atoms with E-state index in [1.54, 1.807) is 13.2 Å². The summed E-state index contributed by atoms with van der Waals surface area (Å²) in [6.45, 7) is 8.03. The van der Waals surface area contributed by atoms with Crippen molar-refractivity contribution in [1.82, 2.24) is 19.6 Å². The minimum Gasteiger partial charge on any atom is -0.497 e. The molecule has 1 N–H and O–H groups in total. The summed E-state index contributed by atoms with van der Waals surface area (Å²) >= 11 is 0. The van der Waals surface area contributed by atoms with Crippen LogP contribution in [0.15, 0.2) is 30.3 Å². The molecule has 0 aliphatic carbocycles. The van der Waals surface area contributed by atoms with Crippen molar-refractivity contribution >= 4 is 28.3 Å². The number of amides is 1. The molecule has 0 atom stereocenters. The monoisotopic (exact) mass is 403 g/mol. The van der Waals surface area contributed by atoms with Gasteiger partial charge in [-0.05, 0) is 63.4 Å². The van der Waals surface area contributed by atoms with E-state index in [1.165, 1.54) is 0 Å². The summed E-state index contributed by atoms with van der Waals surface area (Å²) in [5.41, 5.74) is 7.22. The van der Waals surface area contributed by atoms with Gasteiger partial charge in [-0.3, -0.25) is 4.79 Å². The number of nitrogens with zero attached hydrogens (tertiary/aromatic N) is 4. The molecule has 0 unspecified atom stereocenters. The van der Waals surface area contributed by atoms with Gasteiger partial charge in [0.05, 0.1) is 12.5 Å². The van der Waals surface area contributed by atoms with E-state index >= 15 is 0 Å². The van der Waals surface area contributed by atoms with Crippen molar-refractivity contribution in [3.05, 3.63) is 58.5 Å². The molecule has 4 rings (SSSR count). The first-order valence-electron chi connectivity index (χ1n) is 9.94. The van der Waals surface area contributed by atoms with Crippen LogP contribution >= 0.6 is 0 Å². The molecule has 0 saturated heterocycles. The molecule has 0 aliphatic rings. The topological polar surface area (TPSA) is 81.4 Å². The molecule has 4 aromatic rings. The van der Waals surface area contributed by atoms with Gasteiger partial charge in [-0.1, -0.05) is 6.07 Å². The zero-order valence-electron chi connectivity index (χ0n) is 17.9. The smallest absolute Gasteiger partial charge is 0.224 e. The van der Waals surface area contributed by atoms with Crippen molar-refractivity contribution < 1.29 is 9.53 Å². The first kappa shape index (κ1) is 19.8. The van der Waals surface area contributed by atoms with Crippen LogP contribution < -0.4 is 10.1 Å². The molecule has 0 radical (unpaired) electrons. The number of benzene rings is 1. The number of fused-ring (bicyclic) bond motifs is 3. The molecule has 0 bridgehead atoms. The van der Waals surface area contributed by atoms with E-state index in [0.717, 1.165) is 44.9 Å². The van der Waals surface area contributed by atoms with Crippen LogP contribution in [-0.2, 0) is 11.2 Å². The molecule has 0 fully saturated rings. The number of ether oxygens (including phenoxy) is 1. The standard InChI is InChI=1S/C23H25N5O2/c1-13-11-14(2)24-22-21(13)23-25-15(3)19(16(4)28(23)27-22)9-10-20(29)26-17-7-6-8-18(12-17)30-5/h6-8,11-12H,9-10H2,1-5H3,(H,26,29). The van der Waals surface area contributed by atoms with E-state index < -0.39 is 0 Å². The number of carbonyl (C=O) groups is 1. The van der Waals surface area contributed by atoms with Gasteiger partial charge in [-0.15, -0.1) is 5.10 Å². The average Bonchev–Trinajstić information content (AvgIpc) is 3.06. The van der Waals surface area contributed by atoms with E-state index in [9.17, 15) is 4.79 Å². The van der Waals surface area contributed by atoms with Crippen molar-refractivity contribution in [2.45, 2.75) is 40.5 Å². The molecule has 30 heavy (non-hydrogen) atoms. The van der Waals surface area contributed by atoms with E-state index in [-0.39, 0.29) is 5.91 Å². The van der Waals surface area contributed by atoms with Gasteiger partial charge in [-0.25, -0.2) is 14.5 Å². The predicted octanol–water partition coefficient (Wildman–Crippen LogP) is 4.09. The van der Waals surface area contributed by atoms with Crippen LogP contribution in [0.3, 0.4) is 0 Å². The minimum absolute atomic E-state index is 0.0547. The molecule has 3 aromatic heterocycles. The van der Waals surface area contributed by atoms with Crippen molar-refractivity contribution in [2.24, 2.45) is 0 Å². The lowest BCUT2D eigenvalue weighted by Gasteiger charge is -2.11. The molecular formula is C23H25N5O2. The van der Waals surface area contributed by atoms with E-state index in [2.05, 4.69) is 22.3 Å². The Kier molecular flexibility index (Phi) is 5.11. The van der Waals surface area contributed by atoms with Gasteiger partial charge in [0.1, 0.15) is 5.75 Å². The van der Waals surface area contributed by atoms with E-state index in [0.29, 0.717) is 24.2 Å². The van der Waals surface area contributed by atoms with Gasteiger partial charge in [0.25, 0.3) is 0 Å². The highest BCUT2D eigenvalue weighted by Crippen LogP contribution is 2.25. The molecule has 154 valence electrons. The first-order chi connectivity index (χ1) is 14.4. The Hall–Kier alpha value is -3.48. The lowest BCUT2D eigenvalue weighted by molar-refractivity contribution is -0.116. The summed E-state index contributed by atoms with van der Waals surface area (Å²) in [4.78, 5) is 21.9. The Bertz CT molecular complexity index is 1280. The second kappa shape index (κ2) is 7.74. The molecule has 7 heteroatoms. The van der Waals surface area contributed by atoms with Crippen LogP contribution in [0.1, 0.15) is 34.6 Å². The van der Waals surface area contributed by atoms with Crippen LogP contribution in [0, 0.1) is 27.7 Å². The fraction of sp³-hybridized carbons (Fsp3) is 0.304. The van der Waals surface area contributed by atoms with Crippen molar-refractivity contribution in [1.29, 1.82) is 0 Å². The lowest BCUT2D eigenvalue weighted by Crippen LogP contribution is -2.14. The van der Waals surface area contributed by atoms with Gasteiger partial charge in [0, 0.05) is 35.3 Å². The fourth-order valence-electron chi connectivity index (χ4n) is 3.89. The Morgan fingerprint density at radius 2 is 1.93 bits per heavy atom. The van der Waals surface area contributed by atoms with Gasteiger partial charge in [0.2, 0.25) is 5.91 Å². The van der Waals surface area contributed by atoms with Gasteiger partial charge >= 0.3 is 0 Å². The van der Waals surface area contributed by atoms with Crippen molar-refractivity contribution in [3.63, 3.8) is 0 Å². The van der Waals surface area contributed by atoms with Crippen LogP contribution in [0.25, 0.3) is 16.7 Å². The van der Waals surface area contributed by atoms with E-state index in [4.69, 9.17) is 9.72 Å². The number of methoxy groups -OCH3 is 1. The maximum Gasteiger partial charge on any atom is 0.224 e. The Morgan fingerprint density at radius 3 is 2.70 bits per heavy atom. The van der Waals surface area contributed by atoms with Gasteiger partial charge in [0.15, 0.2) is 11.3 Å². The van der Waals surface area contributed by atoms with Crippen LogP contribution in [0.5, 0.6) is 5.75 Å². The molecule has 1 amide bonds. The summed E-state index contributed by atoms with van der Waals surface area (Å²) in [5, 5.41) is 8.59. The SMILES string of the molecule is COc1cccc(NC(=O)CCc2c(C)nc3c4c(C)cc(C)nc4nn3c2C)c1. The number of hydrogen-bond acceptors (Lipinski definition) is 5. The number of aromatic nitrogens is 4. The predicted molar refractivity (Wildman–Crippen MR) is 117 cm³/mol. The zero-order valence-corrected chi connectivity index (χ0v) is 17.9. The number of aryl methyl sites for hydroxylation is 4. The number of rotatable bonds is 5. The summed E-state index contributed by atoms with van der Waals surface area (Å²) in [6, 6.07) is 9.38. The Balaban J connectivity index is 1.60. The molecule has 1 aromatic carbocycles. The van der Waals surface area contributed by atoms with E-state index in [1.807, 2.05) is 49.6 Å². The van der Waals surface area contributed by atoms with Crippen LogP contribution in [0.4, 0.5) is 5.69 Å². The fourth-order valence-corrected chi connectivity index (χ4v) is 3.89. The number of anilines is 1. The minimum atomic E-state index is -0.0547. The van der Waals surface area contributed by atoms with Crippen molar-refractivity contribution in [2.75, 3.05) is 12.4 Å². The number of nitrogens with one attached hydrogen (secondary N) is 1. The molecule has 0 aliphatic heterocycles. The third kappa shape index (κ3) is 3.58. The Labute approximate surface area is 175 Å². The highest BCUT2D eigenvalue weighted by molar-refractivity contribution is 5.93. The molecular weight excluding hydrogens is 378 g/mol. The lowest BCUT2D eigenvalue weighted by atomic mass is 10.1. The summed E-state index contributed by atoms with van der Waals surface area (Å²) in [5.74, 6) is 0.653. The Morgan fingerprint density at radius 1 is 1.13 bits per heavy atom. The van der Waals surface area contributed by atoms with Crippen LogP contribution in [0.2, 0.25) is 0 Å². The second-order valence-electron chi connectivity index (χ2n) is 7.56. The first-order valence-corrected chi connectivity index (χ1v) is 9.94. The number of hydrogen-bond donors (Lipinski definition) is 1. The maximum atomic E-state index is 12.5. The van der Waals surface area contributed by atoms with Crippen LogP contribution in [-0.4, -0.2) is 32.6 Å². The highest BCUT2D eigenvalue weighted by atomic mass is 16.5. The molecule has 3 heterocycles. The molecule has 0 saturated carbocycles. The normalized spacial score (nSPS) is 11.2.